The third-order valence-electron chi connectivity index (χ3n) is 5.23. The summed E-state index contributed by atoms with van der Waals surface area (Å²) in [6.45, 7) is 5.38. The van der Waals surface area contributed by atoms with Gasteiger partial charge in [0, 0.05) is 30.3 Å². The number of anilines is 1. The molecule has 0 saturated carbocycles. The highest BCUT2D eigenvalue weighted by Crippen LogP contribution is 2.58. The maximum atomic E-state index is 15.0. The summed E-state index contributed by atoms with van der Waals surface area (Å²) < 4.78 is 41.4. The van der Waals surface area contributed by atoms with Crippen LogP contribution in [-0.4, -0.2) is 51.5 Å². The van der Waals surface area contributed by atoms with Gasteiger partial charge >= 0.3 is 11.6 Å². The minimum Gasteiger partial charge on any atom is -0.381 e. The van der Waals surface area contributed by atoms with Gasteiger partial charge in [0.05, 0.1) is 5.60 Å². The molecule has 0 unspecified atom stereocenters. The highest BCUT2D eigenvalue weighted by Gasteiger charge is 2.76. The van der Waals surface area contributed by atoms with Gasteiger partial charge in [0.25, 0.3) is 0 Å². The number of ether oxygens (including phenoxy) is 2. The standard InChI is InChI=1S/C15H23F2N3O4.7H2/c1-12(2,23-6)14(4)13(3,22)15(16,17)10(24-14)20-8-7-9(18-5)19-11(20)21;;;;;;;/h7-8,10,22H,1-6H3,(H,18,19,21);7*1H/t10-,13-,14-;;;;;;;/m1......./s1. The summed E-state index contributed by atoms with van der Waals surface area (Å²) in [6.07, 6.45) is -0.862. The van der Waals surface area contributed by atoms with Crippen LogP contribution in [0.2, 0.25) is 0 Å². The predicted octanol–water partition coefficient (Wildman–Crippen LogP) is 3.11. The highest BCUT2D eigenvalue weighted by atomic mass is 19.3. The molecule has 0 aromatic carbocycles. The van der Waals surface area contributed by atoms with Crippen molar-refractivity contribution in [3.8, 4) is 0 Å². The van der Waals surface area contributed by atoms with E-state index in [2.05, 4.69) is 10.3 Å². The lowest BCUT2D eigenvalue weighted by Crippen LogP contribution is -2.65. The van der Waals surface area contributed by atoms with E-state index in [0.29, 0.717) is 4.57 Å². The molecule has 3 atom stereocenters. The zero-order chi connectivity index (χ0) is 18.6. The first-order chi connectivity index (χ1) is 10.9. The Morgan fingerprint density at radius 1 is 1.50 bits per heavy atom. The quantitative estimate of drug-likeness (QED) is 0.857. The van der Waals surface area contributed by atoms with Gasteiger partial charge in [-0.25, -0.2) is 4.79 Å². The Hall–Kier alpha value is -1.58. The van der Waals surface area contributed by atoms with E-state index < -0.39 is 34.6 Å². The fourth-order valence-electron chi connectivity index (χ4n) is 2.86. The fraction of sp³-hybridized carbons (Fsp3) is 0.733. The monoisotopic (exact) mass is 361 g/mol. The van der Waals surface area contributed by atoms with Crippen LogP contribution >= 0.6 is 0 Å². The topological polar surface area (TPSA) is 85.6 Å². The number of aliphatic hydroxyl groups is 1. The average Bonchev–Trinajstić information content (AvgIpc) is 2.65. The maximum absolute atomic E-state index is 15.0. The second-order valence-corrected chi connectivity index (χ2v) is 6.67. The summed E-state index contributed by atoms with van der Waals surface area (Å²) in [7, 11) is 2.89. The van der Waals surface area contributed by atoms with Crippen LogP contribution in [0.25, 0.3) is 0 Å². The minimum absolute atomic E-state index is 0. The van der Waals surface area contributed by atoms with Gasteiger partial charge in [0.1, 0.15) is 11.4 Å². The summed E-state index contributed by atoms with van der Waals surface area (Å²) in [5, 5.41) is 13.3. The molecule has 1 aromatic rings. The van der Waals surface area contributed by atoms with Crippen molar-refractivity contribution in [2.75, 3.05) is 19.5 Å². The van der Waals surface area contributed by atoms with Gasteiger partial charge < -0.3 is 19.9 Å². The Balaban J connectivity index is -0.000000223. The van der Waals surface area contributed by atoms with E-state index in [1.807, 2.05) is 0 Å². The average molecular weight is 361 g/mol. The van der Waals surface area contributed by atoms with Crippen molar-refractivity contribution in [3.05, 3.63) is 22.7 Å². The molecule has 24 heavy (non-hydrogen) atoms. The first kappa shape index (κ1) is 18.8. The lowest BCUT2D eigenvalue weighted by atomic mass is 9.73. The lowest BCUT2D eigenvalue weighted by molar-refractivity contribution is -0.235. The van der Waals surface area contributed by atoms with Gasteiger partial charge in [-0.05, 0) is 33.8 Å². The zero-order valence-electron chi connectivity index (χ0n) is 14.6. The molecule has 0 amide bonds. The normalized spacial score (nSPS) is 32.8. The molecule has 2 N–H and O–H groups in total. The second kappa shape index (κ2) is 5.47. The second-order valence-electron chi connectivity index (χ2n) is 6.67. The smallest absolute Gasteiger partial charge is 0.351 e. The molecule has 1 fully saturated rings. The van der Waals surface area contributed by atoms with Crippen molar-refractivity contribution >= 4 is 5.82 Å². The van der Waals surface area contributed by atoms with Gasteiger partial charge in [-0.1, -0.05) is 0 Å². The van der Waals surface area contributed by atoms with Crippen molar-refractivity contribution in [2.45, 2.75) is 56.6 Å². The van der Waals surface area contributed by atoms with Crippen LogP contribution in [0, 0.1) is 0 Å². The Morgan fingerprint density at radius 3 is 2.54 bits per heavy atom. The van der Waals surface area contributed by atoms with Crippen molar-refractivity contribution in [3.63, 3.8) is 0 Å². The molecule has 7 nitrogen and oxygen atoms in total. The number of rotatable bonds is 4. The number of hydrogen-bond acceptors (Lipinski definition) is 6. The first-order valence-corrected chi connectivity index (χ1v) is 7.46. The SMILES string of the molecule is CNc1ccn([C@@H]2O[C@](C)(C(C)(C)OC)[C@@](C)(O)C2(F)F)c(=O)n1.[HH].[HH].[HH].[HH].[HH].[HH].[HH]. The molecule has 0 bridgehead atoms. The van der Waals surface area contributed by atoms with E-state index in [0.717, 1.165) is 13.1 Å². The van der Waals surface area contributed by atoms with Crippen molar-refractivity contribution in [2.24, 2.45) is 0 Å². The minimum atomic E-state index is -3.76. The van der Waals surface area contributed by atoms with Crippen LogP contribution in [0.15, 0.2) is 17.1 Å². The lowest BCUT2D eigenvalue weighted by Gasteiger charge is -2.46. The number of aromatic nitrogens is 2. The van der Waals surface area contributed by atoms with Crippen LogP contribution in [-0.2, 0) is 9.47 Å². The molecule has 1 aromatic heterocycles. The van der Waals surface area contributed by atoms with Crippen LogP contribution in [0.5, 0.6) is 0 Å². The summed E-state index contributed by atoms with van der Waals surface area (Å²) in [5.41, 5.74) is -6.55. The van der Waals surface area contributed by atoms with Gasteiger partial charge in [0.15, 0.2) is 5.60 Å². The Labute approximate surface area is 149 Å². The molecule has 0 radical (unpaired) electrons. The number of nitrogens with one attached hydrogen (secondary N) is 1. The largest absolute Gasteiger partial charge is 0.381 e. The van der Waals surface area contributed by atoms with Crippen molar-refractivity contribution in [1.29, 1.82) is 0 Å². The van der Waals surface area contributed by atoms with Crippen molar-refractivity contribution < 1.29 is 33.3 Å². The Bertz CT molecular complexity index is 713. The summed E-state index contributed by atoms with van der Waals surface area (Å²) in [4.78, 5) is 15.8. The third kappa shape index (κ3) is 2.26. The van der Waals surface area contributed by atoms with Gasteiger partial charge in [-0.3, -0.25) is 4.57 Å². The predicted molar refractivity (Wildman–Crippen MR) is 98.0 cm³/mol. The molecule has 0 spiro atoms. The first-order valence-electron chi connectivity index (χ1n) is 7.46. The molecular formula is C15H37F2N3O4. The van der Waals surface area contributed by atoms with E-state index in [4.69, 9.17) is 9.47 Å². The van der Waals surface area contributed by atoms with E-state index in [-0.39, 0.29) is 15.8 Å². The number of hydrogen-bond donors (Lipinski definition) is 2. The van der Waals surface area contributed by atoms with Crippen LogP contribution in [0.3, 0.4) is 0 Å². The molecule has 0 aliphatic carbocycles. The summed E-state index contributed by atoms with van der Waals surface area (Å²) in [5.74, 6) is -3.52. The number of nitrogens with zero attached hydrogens (tertiary/aromatic N) is 2. The third-order valence-corrected chi connectivity index (χ3v) is 5.23. The van der Waals surface area contributed by atoms with Crippen LogP contribution < -0.4 is 11.0 Å². The molecule has 1 aliphatic rings. The molecule has 150 valence electrons. The van der Waals surface area contributed by atoms with E-state index in [1.54, 1.807) is 7.05 Å². The molecule has 2 heterocycles. The highest BCUT2D eigenvalue weighted by molar-refractivity contribution is 5.30. The molecule has 2 rings (SSSR count). The van der Waals surface area contributed by atoms with Crippen LogP contribution in [0.1, 0.15) is 43.9 Å². The molecular weight excluding hydrogens is 324 g/mol. The van der Waals surface area contributed by atoms with Crippen LogP contribution in [0.4, 0.5) is 14.6 Å². The zero-order valence-corrected chi connectivity index (χ0v) is 14.6. The number of alkyl halides is 2. The fourth-order valence-corrected chi connectivity index (χ4v) is 2.86. The van der Waals surface area contributed by atoms with E-state index >= 15 is 0 Å². The van der Waals surface area contributed by atoms with Gasteiger partial charge in [-0.15, -0.1) is 0 Å². The van der Waals surface area contributed by atoms with E-state index in [1.165, 1.54) is 33.9 Å². The maximum Gasteiger partial charge on any atom is 0.351 e. The van der Waals surface area contributed by atoms with E-state index in [9.17, 15) is 18.7 Å². The van der Waals surface area contributed by atoms with Crippen molar-refractivity contribution in [1.82, 2.24) is 9.55 Å². The number of methoxy groups -OCH3 is 1. The Morgan fingerprint density at radius 2 is 2.08 bits per heavy atom. The summed E-state index contributed by atoms with van der Waals surface area (Å²) >= 11 is 0. The Kier molecular flexibility index (Phi) is 4.27. The molecule has 9 heteroatoms. The molecule has 1 saturated heterocycles. The van der Waals surface area contributed by atoms with Gasteiger partial charge in [-0.2, -0.15) is 13.8 Å². The summed E-state index contributed by atoms with van der Waals surface area (Å²) in [6, 6.07) is 1.37. The molecule has 1 aliphatic heterocycles. The van der Waals surface area contributed by atoms with Gasteiger partial charge in [0.2, 0.25) is 6.23 Å². The number of halogens is 2.